The van der Waals surface area contributed by atoms with Gasteiger partial charge in [0, 0.05) is 24.7 Å². The Labute approximate surface area is 184 Å². The van der Waals surface area contributed by atoms with Crippen LogP contribution in [0.15, 0.2) is 24.4 Å². The standard InChI is InChI=1S/C21H25ClN4O3S/c22-17-12-23-21(30-17)25-18-7-3-6-16(24-18)13-8-10-26(11-9-13)19(27)14-4-1-2-5-15(14)20(28)29/h3,6-7,12-15H,1-2,4-5,8-11H2,(H,28,29)(H,23,24,25)/t14-,15+/m0/s1. The lowest BCUT2D eigenvalue weighted by atomic mass is 9.78. The molecule has 2 aromatic heterocycles. The maximum atomic E-state index is 13.0. The minimum atomic E-state index is -0.835. The van der Waals surface area contributed by atoms with Gasteiger partial charge in [-0.15, -0.1) is 0 Å². The van der Waals surface area contributed by atoms with Crippen molar-refractivity contribution in [2.24, 2.45) is 11.8 Å². The molecule has 1 saturated carbocycles. The van der Waals surface area contributed by atoms with Crippen LogP contribution in [0.2, 0.25) is 4.34 Å². The van der Waals surface area contributed by atoms with E-state index in [1.807, 2.05) is 23.1 Å². The van der Waals surface area contributed by atoms with Gasteiger partial charge in [-0.25, -0.2) is 9.97 Å². The van der Waals surface area contributed by atoms with Gasteiger partial charge in [-0.05, 0) is 37.8 Å². The second-order valence-corrected chi connectivity index (χ2v) is 9.64. The van der Waals surface area contributed by atoms with E-state index in [0.29, 0.717) is 35.4 Å². The van der Waals surface area contributed by atoms with Crippen LogP contribution in [0.25, 0.3) is 0 Å². The van der Waals surface area contributed by atoms with Gasteiger partial charge in [0.05, 0.1) is 18.0 Å². The minimum absolute atomic E-state index is 0.0181. The molecule has 2 aromatic rings. The molecule has 0 radical (unpaired) electrons. The normalized spacial score (nSPS) is 22.6. The predicted molar refractivity (Wildman–Crippen MR) is 116 cm³/mol. The number of hydrogen-bond donors (Lipinski definition) is 2. The number of rotatable bonds is 5. The first-order chi connectivity index (χ1) is 14.5. The van der Waals surface area contributed by atoms with Gasteiger partial charge in [0.2, 0.25) is 5.91 Å². The van der Waals surface area contributed by atoms with Crippen molar-refractivity contribution in [1.29, 1.82) is 0 Å². The van der Waals surface area contributed by atoms with E-state index >= 15 is 0 Å². The molecule has 1 saturated heterocycles. The molecular weight excluding hydrogens is 424 g/mol. The molecule has 1 amide bonds. The third kappa shape index (κ3) is 4.75. The summed E-state index contributed by atoms with van der Waals surface area (Å²) in [6, 6.07) is 5.88. The number of carbonyl (C=O) groups is 2. The molecule has 0 aromatic carbocycles. The second kappa shape index (κ2) is 9.31. The number of anilines is 2. The number of nitrogens with zero attached hydrogens (tertiary/aromatic N) is 3. The summed E-state index contributed by atoms with van der Waals surface area (Å²) in [6.07, 6.45) is 6.39. The van der Waals surface area contributed by atoms with Gasteiger partial charge in [0.25, 0.3) is 0 Å². The maximum absolute atomic E-state index is 13.0. The number of carboxylic acid groups (broad SMARTS) is 1. The first-order valence-corrected chi connectivity index (χ1v) is 11.6. The molecule has 9 heteroatoms. The van der Waals surface area contributed by atoms with Gasteiger partial charge >= 0.3 is 5.97 Å². The number of amides is 1. The molecule has 2 fully saturated rings. The SMILES string of the molecule is O=C(O)[C@@H]1CCCC[C@@H]1C(=O)N1CCC(c2cccc(Nc3ncc(Cl)s3)n2)CC1. The van der Waals surface area contributed by atoms with Crippen molar-refractivity contribution in [3.05, 3.63) is 34.4 Å². The van der Waals surface area contributed by atoms with Gasteiger partial charge in [-0.2, -0.15) is 0 Å². The molecule has 1 aliphatic carbocycles. The van der Waals surface area contributed by atoms with E-state index in [1.54, 1.807) is 6.20 Å². The van der Waals surface area contributed by atoms with Crippen molar-refractivity contribution in [2.45, 2.75) is 44.4 Å². The monoisotopic (exact) mass is 448 g/mol. The smallest absolute Gasteiger partial charge is 0.307 e. The van der Waals surface area contributed by atoms with Gasteiger partial charge in [0.1, 0.15) is 10.2 Å². The zero-order valence-electron chi connectivity index (χ0n) is 16.6. The van der Waals surface area contributed by atoms with Crippen molar-refractivity contribution >= 4 is 45.8 Å². The number of halogens is 1. The maximum Gasteiger partial charge on any atom is 0.307 e. The van der Waals surface area contributed by atoms with Crippen LogP contribution in [0.5, 0.6) is 0 Å². The molecule has 2 aliphatic rings. The number of aromatic nitrogens is 2. The summed E-state index contributed by atoms with van der Waals surface area (Å²) in [5.41, 5.74) is 0.996. The van der Waals surface area contributed by atoms with Crippen LogP contribution in [0.4, 0.5) is 10.9 Å². The molecule has 3 heterocycles. The fraction of sp³-hybridized carbons (Fsp3) is 0.524. The molecule has 0 bridgehead atoms. The first kappa shape index (κ1) is 21.1. The van der Waals surface area contributed by atoms with Crippen LogP contribution in [-0.2, 0) is 9.59 Å². The lowest BCUT2D eigenvalue weighted by Crippen LogP contribution is -2.45. The average molecular weight is 449 g/mol. The highest BCUT2D eigenvalue weighted by molar-refractivity contribution is 7.19. The van der Waals surface area contributed by atoms with E-state index in [2.05, 4.69) is 10.3 Å². The fourth-order valence-corrected chi connectivity index (χ4v) is 5.34. The molecule has 4 rings (SSSR count). The van der Waals surface area contributed by atoms with Crippen LogP contribution >= 0.6 is 22.9 Å². The molecule has 7 nitrogen and oxygen atoms in total. The number of carboxylic acids is 1. The molecular formula is C21H25ClN4O3S. The van der Waals surface area contributed by atoms with Gasteiger partial charge in [-0.3, -0.25) is 9.59 Å². The Balaban J connectivity index is 1.37. The van der Waals surface area contributed by atoms with Crippen molar-refractivity contribution < 1.29 is 14.7 Å². The molecule has 0 spiro atoms. The summed E-state index contributed by atoms with van der Waals surface area (Å²) >= 11 is 7.29. The number of aliphatic carboxylic acids is 1. The lowest BCUT2D eigenvalue weighted by Gasteiger charge is -2.36. The zero-order chi connectivity index (χ0) is 21.1. The van der Waals surface area contributed by atoms with Crippen molar-refractivity contribution in [3.8, 4) is 0 Å². The number of thiazole rings is 1. The Hall–Kier alpha value is -2.19. The number of piperidine rings is 1. The number of likely N-dealkylation sites (tertiary alicyclic amines) is 1. The van der Waals surface area contributed by atoms with Crippen LogP contribution in [-0.4, -0.2) is 44.9 Å². The van der Waals surface area contributed by atoms with Gasteiger partial charge < -0.3 is 15.3 Å². The summed E-state index contributed by atoms with van der Waals surface area (Å²) in [6.45, 7) is 1.29. The quantitative estimate of drug-likeness (QED) is 0.697. The molecule has 2 N–H and O–H groups in total. The van der Waals surface area contributed by atoms with Crippen LogP contribution in [0.1, 0.15) is 50.1 Å². The highest BCUT2D eigenvalue weighted by Gasteiger charge is 2.38. The topological polar surface area (TPSA) is 95.4 Å². The zero-order valence-corrected chi connectivity index (χ0v) is 18.2. The molecule has 1 aliphatic heterocycles. The molecule has 160 valence electrons. The van der Waals surface area contributed by atoms with E-state index in [4.69, 9.17) is 16.6 Å². The van der Waals surface area contributed by atoms with Crippen LogP contribution < -0.4 is 5.32 Å². The van der Waals surface area contributed by atoms with E-state index in [9.17, 15) is 14.7 Å². The van der Waals surface area contributed by atoms with Crippen molar-refractivity contribution in [2.75, 3.05) is 18.4 Å². The first-order valence-electron chi connectivity index (χ1n) is 10.4. The molecule has 30 heavy (non-hydrogen) atoms. The number of hydrogen-bond acceptors (Lipinski definition) is 6. The number of carbonyl (C=O) groups excluding carboxylic acids is 1. The number of pyridine rings is 1. The lowest BCUT2D eigenvalue weighted by molar-refractivity contribution is -0.152. The summed E-state index contributed by atoms with van der Waals surface area (Å²) in [5, 5.41) is 13.4. The Morgan fingerprint density at radius 1 is 1.13 bits per heavy atom. The minimum Gasteiger partial charge on any atom is -0.481 e. The second-order valence-electron chi connectivity index (χ2n) is 7.98. The molecule has 2 atom stereocenters. The van der Waals surface area contributed by atoms with Gasteiger partial charge in [-0.1, -0.05) is 41.8 Å². The van der Waals surface area contributed by atoms with E-state index in [1.165, 1.54) is 11.3 Å². The summed E-state index contributed by atoms with van der Waals surface area (Å²) in [7, 11) is 0. The van der Waals surface area contributed by atoms with Crippen molar-refractivity contribution in [1.82, 2.24) is 14.9 Å². The Bertz CT molecular complexity index is 913. The van der Waals surface area contributed by atoms with E-state index < -0.39 is 11.9 Å². The Kier molecular flexibility index (Phi) is 6.53. The third-order valence-corrected chi connectivity index (χ3v) is 7.14. The summed E-state index contributed by atoms with van der Waals surface area (Å²) < 4.78 is 0.619. The largest absolute Gasteiger partial charge is 0.481 e. The number of nitrogens with one attached hydrogen (secondary N) is 1. The van der Waals surface area contributed by atoms with Crippen LogP contribution in [0, 0.1) is 11.8 Å². The highest BCUT2D eigenvalue weighted by atomic mass is 35.5. The van der Waals surface area contributed by atoms with E-state index in [0.717, 1.165) is 37.2 Å². The molecule has 0 unspecified atom stereocenters. The van der Waals surface area contributed by atoms with Crippen molar-refractivity contribution in [3.63, 3.8) is 0 Å². The predicted octanol–water partition coefficient (Wildman–Crippen LogP) is 4.53. The van der Waals surface area contributed by atoms with E-state index in [-0.39, 0.29) is 17.7 Å². The average Bonchev–Trinajstić information content (AvgIpc) is 3.18. The van der Waals surface area contributed by atoms with Gasteiger partial charge in [0.15, 0.2) is 5.13 Å². The third-order valence-electron chi connectivity index (χ3n) is 6.11. The Morgan fingerprint density at radius 3 is 2.53 bits per heavy atom. The Morgan fingerprint density at radius 2 is 1.87 bits per heavy atom. The highest BCUT2D eigenvalue weighted by Crippen LogP contribution is 2.34. The summed E-state index contributed by atoms with van der Waals surface area (Å²) in [4.78, 5) is 35.3. The summed E-state index contributed by atoms with van der Waals surface area (Å²) in [5.74, 6) is -0.722. The fourth-order valence-electron chi connectivity index (χ4n) is 4.52. The van der Waals surface area contributed by atoms with Crippen LogP contribution in [0.3, 0.4) is 0 Å².